The summed E-state index contributed by atoms with van der Waals surface area (Å²) in [6.45, 7) is 8.14. The number of nitrogens with one attached hydrogen (secondary N) is 2. The van der Waals surface area contributed by atoms with E-state index in [9.17, 15) is 9.59 Å². The fraction of sp³-hybridized carbons (Fsp3) is 0.300. The molecule has 0 aliphatic rings. The third kappa shape index (κ3) is 4.69. The number of carbonyl (C=O) groups excluding carboxylic acids is 2. The molecular weight excluding hydrogens is 300 g/mol. The highest BCUT2D eigenvalue weighted by molar-refractivity contribution is 5.94. The Balaban J connectivity index is 1.86. The monoisotopic (exact) mass is 324 g/mol. The van der Waals surface area contributed by atoms with Gasteiger partial charge in [-0.15, -0.1) is 0 Å². The Morgan fingerprint density at radius 2 is 1.54 bits per heavy atom. The summed E-state index contributed by atoms with van der Waals surface area (Å²) >= 11 is 0. The minimum absolute atomic E-state index is 0.0158. The average molecular weight is 324 g/mol. The first-order valence-corrected chi connectivity index (χ1v) is 8.09. The van der Waals surface area contributed by atoms with E-state index in [2.05, 4.69) is 22.8 Å². The molecule has 4 nitrogen and oxygen atoms in total. The first-order chi connectivity index (χ1) is 11.4. The highest BCUT2D eigenvalue weighted by Crippen LogP contribution is 2.22. The van der Waals surface area contributed by atoms with Crippen molar-refractivity contribution in [3.63, 3.8) is 0 Å². The van der Waals surface area contributed by atoms with Crippen molar-refractivity contribution in [2.45, 2.75) is 34.1 Å². The van der Waals surface area contributed by atoms with Crippen molar-refractivity contribution >= 4 is 23.1 Å². The van der Waals surface area contributed by atoms with E-state index in [1.807, 2.05) is 32.9 Å². The van der Waals surface area contributed by atoms with Crippen molar-refractivity contribution in [1.82, 2.24) is 0 Å². The highest BCUT2D eigenvalue weighted by Gasteiger charge is 2.08. The minimum atomic E-state index is -0.0158. The molecule has 2 rings (SSSR count). The zero-order valence-corrected chi connectivity index (χ0v) is 14.7. The van der Waals surface area contributed by atoms with Gasteiger partial charge in [0.15, 0.2) is 5.78 Å². The highest BCUT2D eigenvalue weighted by atomic mass is 16.1. The molecule has 0 spiro atoms. The van der Waals surface area contributed by atoms with Crippen LogP contribution in [0.3, 0.4) is 0 Å². The lowest BCUT2D eigenvalue weighted by Gasteiger charge is -2.13. The van der Waals surface area contributed by atoms with Crippen LogP contribution in [0.1, 0.15) is 40.4 Å². The van der Waals surface area contributed by atoms with Crippen LogP contribution in [0.2, 0.25) is 0 Å². The molecule has 2 aromatic rings. The lowest BCUT2D eigenvalue weighted by Crippen LogP contribution is -2.17. The predicted octanol–water partition coefficient (Wildman–Crippen LogP) is 4.26. The lowest BCUT2D eigenvalue weighted by molar-refractivity contribution is -0.116. The first kappa shape index (κ1) is 17.7. The van der Waals surface area contributed by atoms with Gasteiger partial charge >= 0.3 is 0 Å². The second-order valence-corrected chi connectivity index (χ2v) is 6.13. The van der Waals surface area contributed by atoms with Crippen LogP contribution in [-0.4, -0.2) is 18.2 Å². The van der Waals surface area contributed by atoms with Gasteiger partial charge < -0.3 is 10.6 Å². The fourth-order valence-corrected chi connectivity index (χ4v) is 2.72. The number of Topliss-reactive ketones (excluding diaryl/α,β-unsaturated/α-hetero) is 1. The van der Waals surface area contributed by atoms with Gasteiger partial charge in [0, 0.05) is 29.9 Å². The Hall–Kier alpha value is -2.62. The number of amides is 1. The third-order valence-electron chi connectivity index (χ3n) is 3.91. The molecule has 0 aliphatic carbocycles. The van der Waals surface area contributed by atoms with Crippen LogP contribution in [-0.2, 0) is 4.79 Å². The molecule has 0 saturated heterocycles. The second kappa shape index (κ2) is 7.77. The molecular formula is C20H24N2O2. The summed E-state index contributed by atoms with van der Waals surface area (Å²) in [6.07, 6.45) is 0.376. The predicted molar refractivity (Wildman–Crippen MR) is 98.8 cm³/mol. The lowest BCUT2D eigenvalue weighted by atomic mass is 10.1. The van der Waals surface area contributed by atoms with Crippen LogP contribution in [0.5, 0.6) is 0 Å². The normalized spacial score (nSPS) is 10.3. The number of carbonyl (C=O) groups is 2. The van der Waals surface area contributed by atoms with Crippen LogP contribution in [0.4, 0.5) is 11.4 Å². The van der Waals surface area contributed by atoms with E-state index >= 15 is 0 Å². The van der Waals surface area contributed by atoms with E-state index in [0.29, 0.717) is 18.5 Å². The Morgan fingerprint density at radius 3 is 2.08 bits per heavy atom. The molecule has 0 saturated carbocycles. The molecule has 24 heavy (non-hydrogen) atoms. The summed E-state index contributed by atoms with van der Waals surface area (Å²) in [4.78, 5) is 23.4. The molecule has 0 fully saturated rings. The number of benzene rings is 2. The molecule has 0 aliphatic heterocycles. The van der Waals surface area contributed by atoms with Crippen molar-refractivity contribution in [2.24, 2.45) is 0 Å². The molecule has 0 atom stereocenters. The molecule has 0 radical (unpaired) electrons. The maximum Gasteiger partial charge on any atom is 0.226 e. The summed E-state index contributed by atoms with van der Waals surface area (Å²) in [5, 5.41) is 6.19. The van der Waals surface area contributed by atoms with Gasteiger partial charge in [-0.25, -0.2) is 0 Å². The average Bonchev–Trinajstić information content (AvgIpc) is 2.51. The van der Waals surface area contributed by atoms with Crippen molar-refractivity contribution < 1.29 is 9.59 Å². The largest absolute Gasteiger partial charge is 0.385 e. The van der Waals surface area contributed by atoms with E-state index < -0.39 is 0 Å². The summed E-state index contributed by atoms with van der Waals surface area (Å²) in [7, 11) is 0. The summed E-state index contributed by atoms with van der Waals surface area (Å²) in [6, 6.07) is 11.4. The molecule has 0 unspecified atom stereocenters. The van der Waals surface area contributed by atoms with Gasteiger partial charge in [-0.2, -0.15) is 0 Å². The van der Waals surface area contributed by atoms with Crippen LogP contribution >= 0.6 is 0 Å². The van der Waals surface area contributed by atoms with Gasteiger partial charge in [0.1, 0.15) is 0 Å². The molecule has 2 aromatic carbocycles. The number of anilines is 2. The Kier molecular flexibility index (Phi) is 5.74. The van der Waals surface area contributed by atoms with Crippen LogP contribution in [0.25, 0.3) is 0 Å². The number of rotatable bonds is 6. The Morgan fingerprint density at radius 1 is 0.958 bits per heavy atom. The fourth-order valence-electron chi connectivity index (χ4n) is 2.72. The zero-order chi connectivity index (χ0) is 17.7. The summed E-state index contributed by atoms with van der Waals surface area (Å²) in [5.41, 5.74) is 5.83. The number of hydrogen-bond acceptors (Lipinski definition) is 3. The van der Waals surface area contributed by atoms with E-state index in [-0.39, 0.29) is 11.7 Å². The number of hydrogen-bond donors (Lipinski definition) is 2. The van der Waals surface area contributed by atoms with Crippen LogP contribution in [0.15, 0.2) is 36.4 Å². The van der Waals surface area contributed by atoms with Crippen LogP contribution in [0, 0.1) is 20.8 Å². The molecule has 0 aromatic heterocycles. The van der Waals surface area contributed by atoms with Crippen LogP contribution < -0.4 is 10.6 Å². The Labute approximate surface area is 143 Å². The van der Waals surface area contributed by atoms with E-state index in [0.717, 1.165) is 22.5 Å². The smallest absolute Gasteiger partial charge is 0.226 e. The van der Waals surface area contributed by atoms with Gasteiger partial charge in [-0.3, -0.25) is 9.59 Å². The van der Waals surface area contributed by atoms with Crippen molar-refractivity contribution in [1.29, 1.82) is 0 Å². The molecule has 0 heterocycles. The van der Waals surface area contributed by atoms with E-state index in [1.54, 1.807) is 19.1 Å². The molecule has 2 N–H and O–H groups in total. The van der Waals surface area contributed by atoms with Gasteiger partial charge in [-0.05, 0) is 63.1 Å². The van der Waals surface area contributed by atoms with E-state index in [1.165, 1.54) is 5.56 Å². The summed E-state index contributed by atoms with van der Waals surface area (Å²) < 4.78 is 0. The maximum atomic E-state index is 12.1. The standard InChI is InChI=1S/C20H24N2O2/c1-13-11-14(2)20(15(3)12-13)22-19(24)9-10-21-18-7-5-17(6-8-18)16(4)23/h5-8,11-12,21H,9-10H2,1-4H3,(H,22,24). The van der Waals surface area contributed by atoms with Gasteiger partial charge in [0.2, 0.25) is 5.91 Å². The van der Waals surface area contributed by atoms with Gasteiger partial charge in [0.25, 0.3) is 0 Å². The van der Waals surface area contributed by atoms with Crippen molar-refractivity contribution in [3.05, 3.63) is 58.7 Å². The maximum absolute atomic E-state index is 12.1. The molecule has 0 bridgehead atoms. The van der Waals surface area contributed by atoms with Crippen molar-refractivity contribution in [3.8, 4) is 0 Å². The SMILES string of the molecule is CC(=O)c1ccc(NCCC(=O)Nc2c(C)cc(C)cc2C)cc1. The third-order valence-corrected chi connectivity index (χ3v) is 3.91. The Bertz CT molecular complexity index is 726. The number of ketones is 1. The molecule has 4 heteroatoms. The van der Waals surface area contributed by atoms with Gasteiger partial charge in [-0.1, -0.05) is 17.7 Å². The first-order valence-electron chi connectivity index (χ1n) is 8.09. The minimum Gasteiger partial charge on any atom is -0.385 e. The zero-order valence-electron chi connectivity index (χ0n) is 14.7. The quantitative estimate of drug-likeness (QED) is 0.781. The second-order valence-electron chi connectivity index (χ2n) is 6.13. The van der Waals surface area contributed by atoms with Crippen molar-refractivity contribution in [2.75, 3.05) is 17.2 Å². The van der Waals surface area contributed by atoms with Gasteiger partial charge in [0.05, 0.1) is 0 Å². The molecule has 126 valence electrons. The van der Waals surface area contributed by atoms with E-state index in [4.69, 9.17) is 0 Å². The number of aryl methyl sites for hydroxylation is 3. The molecule has 1 amide bonds. The summed E-state index contributed by atoms with van der Waals surface area (Å²) in [5.74, 6) is 0.0303. The topological polar surface area (TPSA) is 58.2 Å².